The Hall–Kier alpha value is -1.48. The maximum Gasteiger partial charge on any atom is 0.159 e. The topological polar surface area (TPSA) is 26.7 Å². The van der Waals surface area contributed by atoms with Gasteiger partial charge in [-0.25, -0.2) is 8.78 Å². The molecule has 1 fully saturated rings. The van der Waals surface area contributed by atoms with Crippen LogP contribution in [0.15, 0.2) is 18.2 Å². The zero-order valence-electron chi connectivity index (χ0n) is 11.9. The molecule has 0 bridgehead atoms. The monoisotopic (exact) mass is 294 g/mol. The van der Waals surface area contributed by atoms with Crippen molar-refractivity contribution < 1.29 is 13.9 Å². The third-order valence-electron chi connectivity index (χ3n) is 3.80. The van der Waals surface area contributed by atoms with Crippen LogP contribution in [-0.2, 0) is 0 Å². The summed E-state index contributed by atoms with van der Waals surface area (Å²) in [5, 5.41) is 10.1. The van der Waals surface area contributed by atoms with Gasteiger partial charge < -0.3 is 5.11 Å². The molecule has 114 valence electrons. The van der Waals surface area contributed by atoms with Crippen LogP contribution in [-0.4, -0.2) is 54.2 Å². The lowest BCUT2D eigenvalue weighted by Gasteiger charge is -2.35. The van der Waals surface area contributed by atoms with E-state index >= 15 is 0 Å². The Morgan fingerprint density at radius 1 is 1.14 bits per heavy atom. The normalized spacial score (nSPS) is 18.4. The summed E-state index contributed by atoms with van der Waals surface area (Å²) in [6.45, 7) is 4.82. The minimum Gasteiger partial charge on any atom is -0.387 e. The predicted molar refractivity (Wildman–Crippen MR) is 77.6 cm³/mol. The third-order valence-corrected chi connectivity index (χ3v) is 3.80. The van der Waals surface area contributed by atoms with E-state index in [2.05, 4.69) is 15.7 Å². The molecule has 1 atom stereocenters. The van der Waals surface area contributed by atoms with Crippen LogP contribution in [0.25, 0.3) is 0 Å². The molecule has 1 heterocycles. The highest BCUT2D eigenvalue weighted by molar-refractivity contribution is 5.20. The lowest BCUT2D eigenvalue weighted by Crippen LogP contribution is -2.47. The summed E-state index contributed by atoms with van der Waals surface area (Å²) in [6.07, 6.45) is 5.19. The average molecular weight is 294 g/mol. The minimum atomic E-state index is -0.925. The van der Waals surface area contributed by atoms with Gasteiger partial charge in [-0.1, -0.05) is 6.07 Å². The molecule has 1 aromatic rings. The van der Waals surface area contributed by atoms with Gasteiger partial charge in [0, 0.05) is 45.7 Å². The first-order valence-electron chi connectivity index (χ1n) is 7.11. The lowest BCUT2D eigenvalue weighted by molar-refractivity contribution is 0.0731. The number of terminal acetylenes is 1. The second-order valence-electron chi connectivity index (χ2n) is 5.29. The number of aliphatic hydroxyl groups excluding tert-OH is 1. The first kappa shape index (κ1) is 15.9. The van der Waals surface area contributed by atoms with Crippen molar-refractivity contribution in [2.24, 2.45) is 0 Å². The summed E-state index contributed by atoms with van der Waals surface area (Å²) in [4.78, 5) is 4.42. The van der Waals surface area contributed by atoms with E-state index in [1.165, 1.54) is 6.07 Å². The fourth-order valence-corrected chi connectivity index (χ4v) is 2.49. The molecule has 5 heteroatoms. The molecule has 3 nitrogen and oxygen atoms in total. The molecule has 0 aliphatic carbocycles. The fraction of sp³-hybridized carbons (Fsp3) is 0.500. The zero-order valence-corrected chi connectivity index (χ0v) is 11.9. The van der Waals surface area contributed by atoms with Crippen LogP contribution in [0.5, 0.6) is 0 Å². The number of halogens is 2. The molecule has 1 N–H and O–H groups in total. The Bertz CT molecular complexity index is 507. The van der Waals surface area contributed by atoms with Gasteiger partial charge in [0.2, 0.25) is 0 Å². The Balaban J connectivity index is 1.82. The minimum absolute atomic E-state index is 0.406. The van der Waals surface area contributed by atoms with Crippen LogP contribution >= 0.6 is 0 Å². The van der Waals surface area contributed by atoms with E-state index in [9.17, 15) is 13.9 Å². The van der Waals surface area contributed by atoms with Gasteiger partial charge in [-0.15, -0.1) is 12.3 Å². The second-order valence-corrected chi connectivity index (χ2v) is 5.29. The highest BCUT2D eigenvalue weighted by Gasteiger charge is 2.20. The Morgan fingerprint density at radius 2 is 1.81 bits per heavy atom. The molecule has 1 unspecified atom stereocenters. The van der Waals surface area contributed by atoms with Crippen molar-refractivity contribution in [3.63, 3.8) is 0 Å². The van der Waals surface area contributed by atoms with Crippen molar-refractivity contribution in [1.82, 2.24) is 9.80 Å². The van der Waals surface area contributed by atoms with Gasteiger partial charge >= 0.3 is 0 Å². The maximum absolute atomic E-state index is 13.2. The van der Waals surface area contributed by atoms with Crippen LogP contribution in [0.1, 0.15) is 18.1 Å². The van der Waals surface area contributed by atoms with Gasteiger partial charge in [0.25, 0.3) is 0 Å². The van der Waals surface area contributed by atoms with E-state index in [1.54, 1.807) is 0 Å². The molecule has 2 rings (SSSR count). The molecular formula is C16H20F2N2O. The van der Waals surface area contributed by atoms with Crippen LogP contribution in [0.4, 0.5) is 8.78 Å². The van der Waals surface area contributed by atoms with E-state index in [-0.39, 0.29) is 0 Å². The van der Waals surface area contributed by atoms with Crippen molar-refractivity contribution in [2.75, 3.05) is 39.3 Å². The molecule has 0 spiro atoms. The number of nitrogens with zero attached hydrogens (tertiary/aromatic N) is 2. The van der Waals surface area contributed by atoms with Crippen LogP contribution < -0.4 is 0 Å². The number of hydrogen-bond acceptors (Lipinski definition) is 3. The van der Waals surface area contributed by atoms with Crippen molar-refractivity contribution >= 4 is 0 Å². The van der Waals surface area contributed by atoms with Crippen molar-refractivity contribution in [1.29, 1.82) is 0 Å². The lowest BCUT2D eigenvalue weighted by atomic mass is 10.1. The third kappa shape index (κ3) is 4.50. The maximum atomic E-state index is 13.2. The van der Waals surface area contributed by atoms with E-state index in [1.807, 2.05) is 0 Å². The van der Waals surface area contributed by atoms with Crippen molar-refractivity contribution in [3.8, 4) is 12.3 Å². The fourth-order valence-electron chi connectivity index (χ4n) is 2.49. The summed E-state index contributed by atoms with van der Waals surface area (Å²) in [6, 6.07) is 3.53. The molecule has 1 aliphatic heterocycles. The van der Waals surface area contributed by atoms with E-state index in [4.69, 9.17) is 6.42 Å². The average Bonchev–Trinajstić information content (AvgIpc) is 2.49. The first-order valence-corrected chi connectivity index (χ1v) is 7.11. The number of benzene rings is 1. The summed E-state index contributed by atoms with van der Waals surface area (Å²) in [5.41, 5.74) is 0.406. The van der Waals surface area contributed by atoms with E-state index < -0.39 is 17.7 Å². The molecule has 0 radical (unpaired) electrons. The van der Waals surface area contributed by atoms with E-state index in [0.717, 1.165) is 51.3 Å². The highest BCUT2D eigenvalue weighted by atomic mass is 19.2. The number of hydrogen-bond donors (Lipinski definition) is 1. The largest absolute Gasteiger partial charge is 0.387 e. The molecule has 0 amide bonds. The molecule has 21 heavy (non-hydrogen) atoms. The van der Waals surface area contributed by atoms with Gasteiger partial charge in [-0.05, 0) is 17.7 Å². The molecule has 0 aromatic heterocycles. The summed E-state index contributed by atoms with van der Waals surface area (Å²) >= 11 is 0. The first-order chi connectivity index (χ1) is 10.1. The standard InChI is InChI=1S/C16H20F2N2O/c1-2-3-6-19-7-9-20(10-8-19)12-16(21)13-4-5-14(17)15(18)11-13/h1,4-5,11,16,21H,3,6-10,12H2. The summed E-state index contributed by atoms with van der Waals surface area (Å²) in [5.74, 6) is 0.808. The number of rotatable bonds is 5. The van der Waals surface area contributed by atoms with Gasteiger partial charge in [-0.3, -0.25) is 9.80 Å². The van der Waals surface area contributed by atoms with Crippen molar-refractivity contribution in [2.45, 2.75) is 12.5 Å². The SMILES string of the molecule is C#CCCN1CCN(CC(O)c2ccc(F)c(F)c2)CC1. The summed E-state index contributed by atoms with van der Waals surface area (Å²) < 4.78 is 26.0. The molecular weight excluding hydrogens is 274 g/mol. The Kier molecular flexibility index (Phi) is 5.68. The van der Waals surface area contributed by atoms with Gasteiger partial charge in [0.15, 0.2) is 11.6 Å². The van der Waals surface area contributed by atoms with Gasteiger partial charge in [0.05, 0.1) is 6.10 Å². The Morgan fingerprint density at radius 3 is 2.43 bits per heavy atom. The number of β-amino-alcohol motifs (C(OH)–C–C–N with tert-alkyl or cyclic N) is 1. The van der Waals surface area contributed by atoms with E-state index in [0.29, 0.717) is 12.1 Å². The smallest absolute Gasteiger partial charge is 0.159 e. The highest BCUT2D eigenvalue weighted by Crippen LogP contribution is 2.18. The number of piperazine rings is 1. The quantitative estimate of drug-likeness (QED) is 0.836. The Labute approximate surface area is 124 Å². The predicted octanol–water partition coefficient (Wildman–Crippen LogP) is 1.64. The van der Waals surface area contributed by atoms with Crippen LogP contribution in [0.2, 0.25) is 0 Å². The summed E-state index contributed by atoms with van der Waals surface area (Å²) in [7, 11) is 0. The van der Waals surface area contributed by atoms with Gasteiger partial charge in [-0.2, -0.15) is 0 Å². The zero-order chi connectivity index (χ0) is 15.2. The molecule has 1 aliphatic rings. The van der Waals surface area contributed by atoms with Gasteiger partial charge in [0.1, 0.15) is 0 Å². The molecule has 1 aromatic carbocycles. The molecule has 0 saturated carbocycles. The van der Waals surface area contributed by atoms with Crippen LogP contribution in [0, 0.1) is 24.0 Å². The molecule has 1 saturated heterocycles. The van der Waals surface area contributed by atoms with Crippen LogP contribution in [0.3, 0.4) is 0 Å². The van der Waals surface area contributed by atoms with Crippen molar-refractivity contribution in [3.05, 3.63) is 35.4 Å². The second kappa shape index (κ2) is 7.51. The number of aliphatic hydroxyl groups is 1.